The second-order valence-electron chi connectivity index (χ2n) is 8.98. The summed E-state index contributed by atoms with van der Waals surface area (Å²) in [5.41, 5.74) is 0.656. The van der Waals surface area contributed by atoms with Crippen LogP contribution in [0.25, 0.3) is 0 Å². The number of aliphatic hydroxyl groups is 1. The minimum atomic E-state index is -1.31. The molecular formula is C23H33N3O6. The smallest absolute Gasteiger partial charge is 0.409 e. The number of carbonyl (C=O) groups is 3. The van der Waals surface area contributed by atoms with Crippen molar-refractivity contribution in [2.24, 2.45) is 11.8 Å². The van der Waals surface area contributed by atoms with Gasteiger partial charge in [-0.2, -0.15) is 0 Å². The third-order valence-electron chi connectivity index (χ3n) is 5.11. The number of rotatable bonds is 7. The van der Waals surface area contributed by atoms with Crippen molar-refractivity contribution in [3.05, 3.63) is 41.6 Å². The topological polar surface area (TPSA) is 137 Å². The summed E-state index contributed by atoms with van der Waals surface area (Å²) in [6.07, 6.45) is 3.19. The molecule has 1 aromatic carbocycles. The number of carbonyl (C=O) groups excluding carboxylic acids is 2. The average Bonchev–Trinajstić information content (AvgIpc) is 2.71. The lowest BCUT2D eigenvalue weighted by Gasteiger charge is -2.28. The molecule has 2 rings (SSSR count). The number of aliphatic hydroxyl groups excluding tert-OH is 1. The van der Waals surface area contributed by atoms with Crippen molar-refractivity contribution in [3.63, 3.8) is 0 Å². The van der Waals surface area contributed by atoms with Gasteiger partial charge in [0.1, 0.15) is 11.3 Å². The minimum Gasteiger partial charge on any atom is -0.465 e. The predicted octanol–water partition coefficient (Wildman–Crippen LogP) is 3.60. The van der Waals surface area contributed by atoms with Crippen LogP contribution in [0.2, 0.25) is 0 Å². The summed E-state index contributed by atoms with van der Waals surface area (Å²) in [6.45, 7) is 5.86. The van der Waals surface area contributed by atoms with Crippen molar-refractivity contribution in [1.29, 1.82) is 0 Å². The normalized spacial score (nSPS) is 19.1. The minimum absolute atomic E-state index is 0.0148. The van der Waals surface area contributed by atoms with Crippen LogP contribution in [0.15, 0.2) is 36.0 Å². The number of ether oxygens (including phenoxy) is 1. The van der Waals surface area contributed by atoms with E-state index in [1.807, 2.05) is 20.8 Å². The predicted molar refractivity (Wildman–Crippen MR) is 120 cm³/mol. The van der Waals surface area contributed by atoms with Crippen LogP contribution in [-0.4, -0.2) is 40.5 Å². The molecule has 1 aliphatic carbocycles. The number of alkyl carbamates (subject to hydrolysis) is 1. The molecule has 9 heteroatoms. The number of nitrogens with one attached hydrogen (secondary N) is 3. The molecule has 1 aromatic rings. The summed E-state index contributed by atoms with van der Waals surface area (Å²) in [4.78, 5) is 35.6. The molecule has 1 fully saturated rings. The first-order valence-electron chi connectivity index (χ1n) is 10.8. The van der Waals surface area contributed by atoms with E-state index < -0.39 is 23.7 Å². The SMILES string of the molecule is CC(C)(C)OC(=O)NCC1CCC(C=C(NC(=O)O)C(=O)Nc2ccc(CO)cc2)CC1. The Morgan fingerprint density at radius 1 is 1.09 bits per heavy atom. The molecule has 0 saturated heterocycles. The van der Waals surface area contributed by atoms with Crippen molar-refractivity contribution < 1.29 is 29.3 Å². The molecule has 5 N–H and O–H groups in total. The van der Waals surface area contributed by atoms with Crippen molar-refractivity contribution in [3.8, 4) is 0 Å². The van der Waals surface area contributed by atoms with Crippen molar-refractivity contribution >= 4 is 23.8 Å². The second-order valence-corrected chi connectivity index (χ2v) is 8.98. The molecular weight excluding hydrogens is 414 g/mol. The van der Waals surface area contributed by atoms with Gasteiger partial charge in [-0.3, -0.25) is 10.1 Å². The Hall–Kier alpha value is -3.07. The Balaban J connectivity index is 1.91. The molecule has 0 atom stereocenters. The fourth-order valence-electron chi connectivity index (χ4n) is 3.52. The van der Waals surface area contributed by atoms with Gasteiger partial charge in [-0.05, 0) is 76.0 Å². The fourth-order valence-corrected chi connectivity index (χ4v) is 3.52. The Morgan fingerprint density at radius 2 is 1.72 bits per heavy atom. The summed E-state index contributed by atoms with van der Waals surface area (Å²) in [7, 11) is 0. The van der Waals surface area contributed by atoms with Gasteiger partial charge in [-0.15, -0.1) is 0 Å². The molecule has 0 radical (unpaired) electrons. The maximum absolute atomic E-state index is 12.6. The molecule has 0 aliphatic heterocycles. The maximum Gasteiger partial charge on any atom is 0.409 e. The first kappa shape index (κ1) is 25.2. The zero-order chi connectivity index (χ0) is 23.7. The van der Waals surface area contributed by atoms with Crippen LogP contribution in [0.1, 0.15) is 52.0 Å². The van der Waals surface area contributed by atoms with Crippen molar-refractivity contribution in [2.75, 3.05) is 11.9 Å². The number of hydrogen-bond acceptors (Lipinski definition) is 5. The largest absolute Gasteiger partial charge is 0.465 e. The summed E-state index contributed by atoms with van der Waals surface area (Å²) >= 11 is 0. The monoisotopic (exact) mass is 447 g/mol. The van der Waals surface area contributed by atoms with Crippen LogP contribution in [-0.2, 0) is 16.1 Å². The highest BCUT2D eigenvalue weighted by Gasteiger charge is 2.24. The Kier molecular flexibility index (Phi) is 9.07. The molecule has 9 nitrogen and oxygen atoms in total. The molecule has 1 aliphatic rings. The second kappa shape index (κ2) is 11.5. The van der Waals surface area contributed by atoms with Crippen LogP contribution in [0.4, 0.5) is 15.3 Å². The Labute approximate surface area is 188 Å². The third-order valence-corrected chi connectivity index (χ3v) is 5.11. The molecule has 0 unspecified atom stereocenters. The molecule has 176 valence electrons. The molecule has 32 heavy (non-hydrogen) atoms. The van der Waals surface area contributed by atoms with E-state index in [0.29, 0.717) is 23.7 Å². The summed E-state index contributed by atoms with van der Waals surface area (Å²) < 4.78 is 5.25. The van der Waals surface area contributed by atoms with Gasteiger partial charge in [-0.1, -0.05) is 18.2 Å². The number of anilines is 1. The molecule has 0 aromatic heterocycles. The number of hydrogen-bond donors (Lipinski definition) is 5. The number of amides is 3. The number of benzene rings is 1. The zero-order valence-electron chi connectivity index (χ0n) is 18.8. The highest BCUT2D eigenvalue weighted by atomic mass is 16.6. The van der Waals surface area contributed by atoms with Crippen LogP contribution in [0.5, 0.6) is 0 Å². The van der Waals surface area contributed by atoms with Gasteiger partial charge >= 0.3 is 12.2 Å². The molecule has 1 saturated carbocycles. The van der Waals surface area contributed by atoms with E-state index in [9.17, 15) is 14.4 Å². The van der Waals surface area contributed by atoms with Crippen molar-refractivity contribution in [2.45, 2.75) is 58.7 Å². The lowest BCUT2D eigenvalue weighted by molar-refractivity contribution is -0.113. The molecule has 0 heterocycles. The van der Waals surface area contributed by atoms with E-state index in [-0.39, 0.29) is 18.2 Å². The van der Waals surface area contributed by atoms with E-state index in [4.69, 9.17) is 14.9 Å². The standard InChI is InChI=1S/C23H33N3O6/c1-23(2,3)32-22(31)24-13-16-6-4-15(5-7-16)12-19(26-21(29)30)20(28)25-18-10-8-17(14-27)9-11-18/h8-12,15-16,26-27H,4-7,13-14H2,1-3H3,(H,24,31)(H,25,28)(H,29,30). The Bertz CT molecular complexity index is 821. The van der Waals surface area contributed by atoms with E-state index in [1.165, 1.54) is 0 Å². The summed E-state index contributed by atoms with van der Waals surface area (Å²) in [5, 5.41) is 25.9. The quantitative estimate of drug-likeness (QED) is 0.405. The van der Waals surface area contributed by atoms with Crippen LogP contribution >= 0.6 is 0 Å². The summed E-state index contributed by atoms with van der Waals surface area (Å²) in [5.74, 6) is -0.183. The highest BCUT2D eigenvalue weighted by Crippen LogP contribution is 2.30. The van der Waals surface area contributed by atoms with Gasteiger partial charge in [0.05, 0.1) is 6.61 Å². The van der Waals surface area contributed by atoms with Crippen LogP contribution in [0.3, 0.4) is 0 Å². The van der Waals surface area contributed by atoms with Crippen LogP contribution < -0.4 is 16.0 Å². The van der Waals surface area contributed by atoms with Crippen LogP contribution in [0, 0.1) is 11.8 Å². The van der Waals surface area contributed by atoms with Gasteiger partial charge < -0.3 is 25.6 Å². The number of carboxylic acid groups (broad SMARTS) is 1. The van der Waals surface area contributed by atoms with E-state index in [2.05, 4.69) is 16.0 Å². The fraction of sp³-hybridized carbons (Fsp3) is 0.522. The van der Waals surface area contributed by atoms with Gasteiger partial charge in [0.15, 0.2) is 0 Å². The van der Waals surface area contributed by atoms with E-state index in [1.54, 1.807) is 30.3 Å². The van der Waals surface area contributed by atoms with E-state index in [0.717, 1.165) is 25.7 Å². The van der Waals surface area contributed by atoms with Gasteiger partial charge in [0.25, 0.3) is 5.91 Å². The third kappa shape index (κ3) is 8.97. The Morgan fingerprint density at radius 3 is 2.25 bits per heavy atom. The van der Waals surface area contributed by atoms with Gasteiger partial charge in [0.2, 0.25) is 0 Å². The zero-order valence-corrected chi connectivity index (χ0v) is 18.8. The first-order chi connectivity index (χ1) is 15.1. The number of allylic oxidation sites excluding steroid dienone is 1. The summed E-state index contributed by atoms with van der Waals surface area (Å²) in [6, 6.07) is 6.64. The lowest BCUT2D eigenvalue weighted by Crippen LogP contribution is -2.36. The molecule has 0 spiro atoms. The van der Waals surface area contributed by atoms with Crippen molar-refractivity contribution in [1.82, 2.24) is 10.6 Å². The first-order valence-corrected chi connectivity index (χ1v) is 10.8. The average molecular weight is 448 g/mol. The molecule has 0 bridgehead atoms. The van der Waals surface area contributed by atoms with Gasteiger partial charge in [-0.25, -0.2) is 9.59 Å². The van der Waals surface area contributed by atoms with Gasteiger partial charge in [0, 0.05) is 12.2 Å². The lowest BCUT2D eigenvalue weighted by atomic mass is 9.81. The van der Waals surface area contributed by atoms with E-state index >= 15 is 0 Å². The highest BCUT2D eigenvalue weighted by molar-refractivity contribution is 6.05. The maximum atomic E-state index is 12.6. The molecule has 3 amide bonds.